The molecule has 2 nitrogen and oxygen atoms in total. The van der Waals surface area contributed by atoms with Crippen LogP contribution in [0.4, 0.5) is 0 Å². The van der Waals surface area contributed by atoms with Crippen LogP contribution < -0.4 is 0 Å². The molecule has 0 saturated heterocycles. The van der Waals surface area contributed by atoms with Crippen LogP contribution in [0.25, 0.3) is 33.2 Å². The normalized spacial score (nSPS) is 16.2. The monoisotopic (exact) mass is 310 g/mol. The number of benzene rings is 2. The fourth-order valence-corrected chi connectivity index (χ4v) is 3.98. The lowest BCUT2D eigenvalue weighted by Gasteiger charge is -2.26. The molecule has 4 aromatic rings. The average molecular weight is 310 g/mol. The number of para-hydroxylation sites is 2. The van der Waals surface area contributed by atoms with Gasteiger partial charge >= 0.3 is 0 Å². The van der Waals surface area contributed by atoms with E-state index >= 15 is 0 Å². The van der Waals surface area contributed by atoms with Gasteiger partial charge in [-0.25, -0.2) is 9.97 Å². The van der Waals surface area contributed by atoms with Crippen molar-refractivity contribution in [2.75, 3.05) is 0 Å². The Morgan fingerprint density at radius 1 is 0.875 bits per heavy atom. The molecule has 0 aliphatic heterocycles. The van der Waals surface area contributed by atoms with E-state index in [4.69, 9.17) is 9.97 Å². The minimum Gasteiger partial charge on any atom is -0.246 e. The molecular weight excluding hydrogens is 292 g/mol. The van der Waals surface area contributed by atoms with Gasteiger partial charge in [-0.05, 0) is 54.2 Å². The zero-order chi connectivity index (χ0) is 16.3. The molecule has 0 saturated carbocycles. The number of hydrogen-bond donors (Lipinski definition) is 0. The number of aryl methyl sites for hydroxylation is 1. The predicted octanol–water partition coefficient (Wildman–Crippen LogP) is 5.42. The Labute approximate surface area is 141 Å². The summed E-state index contributed by atoms with van der Waals surface area (Å²) in [6, 6.07) is 19.1. The van der Waals surface area contributed by atoms with Crippen molar-refractivity contribution in [2.24, 2.45) is 0 Å². The second kappa shape index (κ2) is 4.88. The van der Waals surface area contributed by atoms with E-state index in [1.54, 1.807) is 0 Å². The highest BCUT2D eigenvalue weighted by Crippen LogP contribution is 2.41. The standard InChI is InChI=1S/C22H18N2/c1-13-11-18-14(2)16-8-4-6-10-20(16)24-22(18)21-17(13)12-15-7-3-5-9-19(15)23-21/h3-10,12-13H,11H2,1-2H3. The first kappa shape index (κ1) is 13.7. The average Bonchev–Trinajstić information content (AvgIpc) is 2.62. The number of pyridine rings is 2. The third-order valence-corrected chi connectivity index (χ3v) is 5.30. The van der Waals surface area contributed by atoms with Gasteiger partial charge in [-0.2, -0.15) is 0 Å². The first-order chi connectivity index (χ1) is 11.7. The molecule has 2 aromatic heterocycles. The summed E-state index contributed by atoms with van der Waals surface area (Å²) in [5, 5.41) is 2.47. The maximum atomic E-state index is 5.00. The lowest BCUT2D eigenvalue weighted by Crippen LogP contribution is -2.13. The molecular formula is C22H18N2. The van der Waals surface area contributed by atoms with Crippen molar-refractivity contribution in [2.45, 2.75) is 26.2 Å². The number of fused-ring (bicyclic) bond motifs is 5. The molecule has 1 aliphatic carbocycles. The molecule has 1 aliphatic rings. The SMILES string of the molecule is Cc1c2c(nc3ccccc13)-c1nc3ccccc3cc1C(C)C2. The second-order valence-corrected chi connectivity index (χ2v) is 6.81. The summed E-state index contributed by atoms with van der Waals surface area (Å²) in [5.74, 6) is 0.464. The van der Waals surface area contributed by atoms with Crippen LogP contribution in [-0.4, -0.2) is 9.97 Å². The number of aromatic nitrogens is 2. The molecule has 0 amide bonds. The highest BCUT2D eigenvalue weighted by Gasteiger charge is 2.27. The third-order valence-electron chi connectivity index (χ3n) is 5.30. The molecule has 2 heterocycles. The number of rotatable bonds is 0. The molecule has 1 atom stereocenters. The summed E-state index contributed by atoms with van der Waals surface area (Å²) < 4.78 is 0. The van der Waals surface area contributed by atoms with E-state index in [9.17, 15) is 0 Å². The molecule has 116 valence electrons. The Morgan fingerprint density at radius 3 is 2.46 bits per heavy atom. The largest absolute Gasteiger partial charge is 0.246 e. The highest BCUT2D eigenvalue weighted by atomic mass is 14.8. The van der Waals surface area contributed by atoms with E-state index in [2.05, 4.69) is 62.4 Å². The Kier molecular flexibility index (Phi) is 2.78. The molecule has 24 heavy (non-hydrogen) atoms. The number of nitrogens with zero attached hydrogens (tertiary/aromatic N) is 2. The summed E-state index contributed by atoms with van der Waals surface area (Å²) in [5.41, 5.74) is 8.28. The van der Waals surface area contributed by atoms with Gasteiger partial charge in [0, 0.05) is 10.8 Å². The zero-order valence-electron chi connectivity index (χ0n) is 13.9. The maximum Gasteiger partial charge on any atom is 0.0931 e. The van der Waals surface area contributed by atoms with E-state index in [-0.39, 0.29) is 0 Å². The quantitative estimate of drug-likeness (QED) is 0.433. The maximum absolute atomic E-state index is 5.00. The van der Waals surface area contributed by atoms with Gasteiger partial charge in [-0.15, -0.1) is 0 Å². The Hall–Kier alpha value is -2.74. The van der Waals surface area contributed by atoms with E-state index in [0.717, 1.165) is 28.8 Å². The molecule has 0 fully saturated rings. The van der Waals surface area contributed by atoms with Gasteiger partial charge in [0.25, 0.3) is 0 Å². The van der Waals surface area contributed by atoms with Crippen LogP contribution >= 0.6 is 0 Å². The molecule has 5 rings (SSSR count). The summed E-state index contributed by atoms with van der Waals surface area (Å²) in [7, 11) is 0. The molecule has 1 unspecified atom stereocenters. The first-order valence-electron chi connectivity index (χ1n) is 8.50. The topological polar surface area (TPSA) is 25.8 Å². The van der Waals surface area contributed by atoms with Crippen LogP contribution in [0, 0.1) is 6.92 Å². The third kappa shape index (κ3) is 1.83. The van der Waals surface area contributed by atoms with Crippen molar-refractivity contribution >= 4 is 21.8 Å². The van der Waals surface area contributed by atoms with Gasteiger partial charge in [0.15, 0.2) is 0 Å². The van der Waals surface area contributed by atoms with Gasteiger partial charge in [0.2, 0.25) is 0 Å². The van der Waals surface area contributed by atoms with E-state index < -0.39 is 0 Å². The van der Waals surface area contributed by atoms with Crippen LogP contribution in [0.2, 0.25) is 0 Å². The van der Waals surface area contributed by atoms with Crippen molar-refractivity contribution in [3.63, 3.8) is 0 Å². The molecule has 2 heteroatoms. The van der Waals surface area contributed by atoms with E-state index in [0.29, 0.717) is 5.92 Å². The van der Waals surface area contributed by atoms with E-state index in [1.165, 1.54) is 27.5 Å². The van der Waals surface area contributed by atoms with Crippen LogP contribution in [0.15, 0.2) is 54.6 Å². The summed E-state index contributed by atoms with van der Waals surface area (Å²) in [6.07, 6.45) is 1.03. The van der Waals surface area contributed by atoms with Crippen molar-refractivity contribution < 1.29 is 0 Å². The fourth-order valence-electron chi connectivity index (χ4n) is 3.98. The lowest BCUT2D eigenvalue weighted by atomic mass is 9.81. The van der Waals surface area contributed by atoms with Crippen LogP contribution in [0.3, 0.4) is 0 Å². The minimum atomic E-state index is 0.464. The molecule has 2 aromatic carbocycles. The molecule has 0 spiro atoms. The van der Waals surface area contributed by atoms with Gasteiger partial charge in [0.05, 0.1) is 22.4 Å². The fraction of sp³-hybridized carbons (Fsp3) is 0.182. The van der Waals surface area contributed by atoms with Crippen molar-refractivity contribution in [3.8, 4) is 11.4 Å². The Bertz CT molecular complexity index is 1110. The summed E-state index contributed by atoms with van der Waals surface area (Å²) in [4.78, 5) is 9.99. The summed E-state index contributed by atoms with van der Waals surface area (Å²) in [6.45, 7) is 4.52. The Morgan fingerprint density at radius 2 is 1.58 bits per heavy atom. The second-order valence-electron chi connectivity index (χ2n) is 6.81. The van der Waals surface area contributed by atoms with Crippen molar-refractivity contribution in [1.82, 2.24) is 9.97 Å². The molecule has 0 N–H and O–H groups in total. The van der Waals surface area contributed by atoms with Crippen LogP contribution in [-0.2, 0) is 6.42 Å². The minimum absolute atomic E-state index is 0.464. The van der Waals surface area contributed by atoms with Gasteiger partial charge in [0.1, 0.15) is 0 Å². The first-order valence-corrected chi connectivity index (χ1v) is 8.50. The smallest absolute Gasteiger partial charge is 0.0931 e. The Balaban J connectivity index is 1.90. The lowest BCUT2D eigenvalue weighted by molar-refractivity contribution is 0.738. The zero-order valence-corrected chi connectivity index (χ0v) is 13.9. The number of hydrogen-bond acceptors (Lipinski definition) is 2. The van der Waals surface area contributed by atoms with Crippen molar-refractivity contribution in [3.05, 3.63) is 71.3 Å². The van der Waals surface area contributed by atoms with E-state index in [1.807, 2.05) is 6.07 Å². The van der Waals surface area contributed by atoms with Gasteiger partial charge < -0.3 is 0 Å². The highest BCUT2D eigenvalue weighted by molar-refractivity contribution is 5.90. The molecule has 0 bridgehead atoms. The summed E-state index contributed by atoms with van der Waals surface area (Å²) >= 11 is 0. The van der Waals surface area contributed by atoms with Gasteiger partial charge in [-0.1, -0.05) is 43.3 Å². The van der Waals surface area contributed by atoms with Crippen molar-refractivity contribution in [1.29, 1.82) is 0 Å². The predicted molar refractivity (Wildman–Crippen MR) is 99.3 cm³/mol. The van der Waals surface area contributed by atoms with Crippen LogP contribution in [0.1, 0.15) is 29.5 Å². The van der Waals surface area contributed by atoms with Crippen LogP contribution in [0.5, 0.6) is 0 Å². The molecule has 0 radical (unpaired) electrons. The van der Waals surface area contributed by atoms with Gasteiger partial charge in [-0.3, -0.25) is 0 Å².